The smallest absolute Gasteiger partial charge is 0.357 e. The summed E-state index contributed by atoms with van der Waals surface area (Å²) in [6.07, 6.45) is -0.0903. The van der Waals surface area contributed by atoms with Crippen molar-refractivity contribution in [3.05, 3.63) is 28.7 Å². The van der Waals surface area contributed by atoms with E-state index in [-0.39, 0.29) is 18.6 Å². The van der Waals surface area contributed by atoms with Crippen molar-refractivity contribution in [3.63, 3.8) is 0 Å². The average molecular weight is 347 g/mol. The Morgan fingerprint density at radius 2 is 1.84 bits per heavy atom. The maximum Gasteiger partial charge on any atom is 0.357 e. The van der Waals surface area contributed by atoms with Gasteiger partial charge in [-0.2, -0.15) is 4.99 Å². The second-order valence-corrected chi connectivity index (χ2v) is 5.44. The van der Waals surface area contributed by atoms with Crippen molar-refractivity contribution < 1.29 is 17.0 Å². The fourth-order valence-electron chi connectivity index (χ4n) is 1.91. The first kappa shape index (κ1) is 15.8. The Kier molecular flexibility index (Phi) is 5.20. The van der Waals surface area contributed by atoms with Gasteiger partial charge in [-0.3, -0.25) is 5.73 Å². The summed E-state index contributed by atoms with van der Waals surface area (Å²) >= 11 is 3.42. The van der Waals surface area contributed by atoms with Gasteiger partial charge >= 0.3 is 5.96 Å². The van der Waals surface area contributed by atoms with Crippen LogP contribution in [0.3, 0.4) is 0 Å². The van der Waals surface area contributed by atoms with Crippen molar-refractivity contribution in [3.8, 4) is 0 Å². The molecule has 7 heteroatoms. The van der Waals surface area contributed by atoms with Crippen molar-refractivity contribution in [1.29, 1.82) is 0 Å². The van der Waals surface area contributed by atoms with Gasteiger partial charge in [0.05, 0.1) is 0 Å². The first-order valence-corrected chi connectivity index (χ1v) is 6.56. The summed E-state index contributed by atoms with van der Waals surface area (Å²) in [6, 6.07) is 7.93. The molecule has 2 rings (SSSR count). The van der Waals surface area contributed by atoms with Crippen molar-refractivity contribution >= 4 is 33.5 Å². The molecule has 1 aliphatic heterocycles. The first-order valence-electron chi connectivity index (χ1n) is 5.76. The molecular weight excluding hydrogens is 330 g/mol. The lowest BCUT2D eigenvalue weighted by Crippen LogP contribution is -3.00. The fraction of sp³-hybridized carbons (Fsp3) is 0.333. The maximum atomic E-state index is 6.03. The zero-order valence-corrected chi connectivity index (χ0v) is 13.1. The molecule has 0 aromatic heterocycles. The molecule has 0 aliphatic carbocycles. The Morgan fingerprint density at radius 3 is 2.37 bits per heavy atom. The van der Waals surface area contributed by atoms with Crippen molar-refractivity contribution in [2.45, 2.75) is 20.0 Å². The maximum absolute atomic E-state index is 6.03. The summed E-state index contributed by atoms with van der Waals surface area (Å²) in [7, 11) is 0. The van der Waals surface area contributed by atoms with Crippen molar-refractivity contribution in [1.82, 2.24) is 5.32 Å². The van der Waals surface area contributed by atoms with Crippen LogP contribution in [0.25, 0.3) is 0 Å². The molecule has 1 heterocycles. The highest BCUT2D eigenvalue weighted by atomic mass is 79.9. The molecule has 0 spiro atoms. The largest absolute Gasteiger partial charge is 1.00 e. The molecule has 0 radical (unpaired) electrons. The molecule has 5 N–H and O–H groups in total. The number of nitrogens with two attached hydrogens (primary N) is 2. The molecule has 1 atom stereocenters. The number of rotatable bonds is 2. The molecule has 1 unspecified atom stereocenters. The van der Waals surface area contributed by atoms with Gasteiger partial charge in [0.25, 0.3) is 5.96 Å². The Hall–Kier alpha value is -1.27. The number of halogens is 2. The SMILES string of the molecule is CC(C)C1N=C(N)NC(N)=[N+]1c1ccc(Br)cc1.[Cl-]. The van der Waals surface area contributed by atoms with E-state index in [0.717, 1.165) is 10.2 Å². The number of guanidine groups is 2. The van der Waals surface area contributed by atoms with E-state index in [1.165, 1.54) is 0 Å². The van der Waals surface area contributed by atoms with E-state index < -0.39 is 0 Å². The molecule has 0 saturated carbocycles. The lowest BCUT2D eigenvalue weighted by atomic mass is 10.1. The molecule has 0 fully saturated rings. The first-order chi connectivity index (χ1) is 8.49. The van der Waals surface area contributed by atoms with Crippen LogP contribution < -0.4 is 29.2 Å². The summed E-state index contributed by atoms with van der Waals surface area (Å²) in [5, 5.41) is 2.86. The van der Waals surface area contributed by atoms with Crippen LogP contribution in [0.15, 0.2) is 33.7 Å². The fourth-order valence-corrected chi connectivity index (χ4v) is 2.17. The Balaban J connectivity index is 0.00000180. The number of nitrogens with one attached hydrogen (secondary N) is 1. The van der Waals surface area contributed by atoms with Crippen molar-refractivity contribution in [2.75, 3.05) is 0 Å². The van der Waals surface area contributed by atoms with E-state index in [2.05, 4.69) is 40.1 Å². The number of hydrogen-bond acceptors (Lipinski definition) is 4. The van der Waals surface area contributed by atoms with E-state index in [4.69, 9.17) is 11.5 Å². The number of aliphatic imine (C=N–C) groups is 1. The van der Waals surface area contributed by atoms with Gasteiger partial charge in [0, 0.05) is 10.4 Å². The van der Waals surface area contributed by atoms with E-state index in [9.17, 15) is 0 Å². The molecule has 104 valence electrons. The van der Waals surface area contributed by atoms with Crippen LogP contribution in [0.4, 0.5) is 5.69 Å². The molecule has 0 saturated heterocycles. The number of benzene rings is 1. The monoisotopic (exact) mass is 345 g/mol. The third kappa shape index (κ3) is 3.39. The lowest BCUT2D eigenvalue weighted by molar-refractivity contribution is -0.496. The van der Waals surface area contributed by atoms with Gasteiger partial charge < -0.3 is 18.1 Å². The van der Waals surface area contributed by atoms with Crippen LogP contribution >= 0.6 is 15.9 Å². The summed E-state index contributed by atoms with van der Waals surface area (Å²) < 4.78 is 2.98. The Bertz CT molecular complexity index is 509. The summed E-state index contributed by atoms with van der Waals surface area (Å²) in [5.41, 5.74) is 12.7. The molecular formula is C12H17BrClN5. The van der Waals surface area contributed by atoms with Crippen LogP contribution in [-0.4, -0.2) is 22.7 Å². The van der Waals surface area contributed by atoms with Gasteiger partial charge in [-0.15, -0.1) is 0 Å². The molecule has 1 aliphatic rings. The molecule has 19 heavy (non-hydrogen) atoms. The third-order valence-electron chi connectivity index (χ3n) is 2.75. The minimum absolute atomic E-state index is 0. The van der Waals surface area contributed by atoms with Crippen LogP contribution in [0.2, 0.25) is 0 Å². The minimum Gasteiger partial charge on any atom is -1.00 e. The number of nitrogens with zero attached hydrogens (tertiary/aromatic N) is 2. The van der Waals surface area contributed by atoms with E-state index in [0.29, 0.717) is 17.8 Å². The van der Waals surface area contributed by atoms with Gasteiger partial charge in [0.1, 0.15) is 5.69 Å². The molecule has 1 aromatic rings. The molecule has 0 amide bonds. The normalized spacial score (nSPS) is 18.7. The van der Waals surface area contributed by atoms with Gasteiger partial charge in [-0.05, 0) is 24.3 Å². The standard InChI is InChI=1S/C12H16BrN5.ClH/c1-7(2)10-16-11(14)17-12(15)18(10)9-5-3-8(13)4-6-9;/h3-7,10H,1-2H3,(H4,14,15,16,17);1H. The quantitative estimate of drug-likeness (QED) is 0.559. The van der Waals surface area contributed by atoms with E-state index >= 15 is 0 Å². The van der Waals surface area contributed by atoms with Crippen LogP contribution in [0, 0.1) is 5.92 Å². The second-order valence-electron chi connectivity index (χ2n) is 4.53. The summed E-state index contributed by atoms with van der Waals surface area (Å²) in [6.45, 7) is 4.18. The zero-order chi connectivity index (χ0) is 13.3. The van der Waals surface area contributed by atoms with Gasteiger partial charge in [0.15, 0.2) is 6.17 Å². The minimum atomic E-state index is -0.0903. The van der Waals surface area contributed by atoms with Gasteiger partial charge in [0.2, 0.25) is 0 Å². The third-order valence-corrected chi connectivity index (χ3v) is 3.28. The Morgan fingerprint density at radius 1 is 1.26 bits per heavy atom. The molecule has 0 bridgehead atoms. The van der Waals surface area contributed by atoms with E-state index in [1.807, 2.05) is 28.8 Å². The van der Waals surface area contributed by atoms with E-state index in [1.54, 1.807) is 0 Å². The van der Waals surface area contributed by atoms with Crippen LogP contribution in [0.1, 0.15) is 13.8 Å². The highest BCUT2D eigenvalue weighted by molar-refractivity contribution is 9.10. The molecule has 5 nitrogen and oxygen atoms in total. The van der Waals surface area contributed by atoms with Crippen molar-refractivity contribution in [2.24, 2.45) is 22.4 Å². The topological polar surface area (TPSA) is 79.4 Å². The highest BCUT2D eigenvalue weighted by Crippen LogP contribution is 2.22. The second kappa shape index (κ2) is 6.25. The zero-order valence-electron chi connectivity index (χ0n) is 10.8. The summed E-state index contributed by atoms with van der Waals surface area (Å²) in [4.78, 5) is 4.41. The highest BCUT2D eigenvalue weighted by Gasteiger charge is 2.29. The predicted octanol–water partition coefficient (Wildman–Crippen LogP) is -1.69. The lowest BCUT2D eigenvalue weighted by Gasteiger charge is -2.24. The average Bonchev–Trinajstić information content (AvgIpc) is 2.29. The molecule has 1 aromatic carbocycles. The van der Waals surface area contributed by atoms with Crippen LogP contribution in [0.5, 0.6) is 0 Å². The number of hydrogen-bond donors (Lipinski definition) is 3. The summed E-state index contributed by atoms with van der Waals surface area (Å²) in [5.74, 6) is 1.16. The Labute approximate surface area is 127 Å². The predicted molar refractivity (Wildman–Crippen MR) is 76.6 cm³/mol. The van der Waals surface area contributed by atoms with Gasteiger partial charge in [-0.1, -0.05) is 29.8 Å². The van der Waals surface area contributed by atoms with Crippen LogP contribution in [-0.2, 0) is 0 Å². The van der Waals surface area contributed by atoms with Gasteiger partial charge in [-0.25, -0.2) is 9.89 Å².